The third-order valence-electron chi connectivity index (χ3n) is 2.93. The normalized spacial score (nSPS) is 12.8. The molecule has 4 N–H and O–H groups in total. The Kier molecular flexibility index (Phi) is 4.19. The first kappa shape index (κ1) is 15.0. The summed E-state index contributed by atoms with van der Waals surface area (Å²) in [4.78, 5) is 23.2. The molecule has 1 aromatic carbocycles. The van der Waals surface area contributed by atoms with Crippen LogP contribution >= 0.6 is 0 Å². The SMILES string of the molecule is Cc1ccc(C(=O)N[C@H](C(=O)O)C(C)(C)C)cc1N. The fourth-order valence-electron chi connectivity index (χ4n) is 1.64. The lowest BCUT2D eigenvalue weighted by Crippen LogP contribution is -2.49. The lowest BCUT2D eigenvalue weighted by molar-refractivity contribution is -0.142. The molecule has 1 rings (SSSR count). The minimum absolute atomic E-state index is 0.360. The first-order valence-corrected chi connectivity index (χ1v) is 6.02. The number of hydrogen-bond acceptors (Lipinski definition) is 3. The van der Waals surface area contributed by atoms with Crippen molar-refractivity contribution in [2.45, 2.75) is 33.7 Å². The van der Waals surface area contributed by atoms with E-state index in [1.54, 1.807) is 39.0 Å². The van der Waals surface area contributed by atoms with Crippen LogP contribution in [0, 0.1) is 12.3 Å². The van der Waals surface area contributed by atoms with Gasteiger partial charge in [0.25, 0.3) is 5.91 Å². The molecular weight excluding hydrogens is 244 g/mol. The van der Waals surface area contributed by atoms with Crippen LogP contribution in [0.5, 0.6) is 0 Å². The highest BCUT2D eigenvalue weighted by Gasteiger charge is 2.32. The van der Waals surface area contributed by atoms with Crippen LogP contribution in [0.2, 0.25) is 0 Å². The van der Waals surface area contributed by atoms with E-state index in [2.05, 4.69) is 5.32 Å². The highest BCUT2D eigenvalue weighted by atomic mass is 16.4. The van der Waals surface area contributed by atoms with Crippen molar-refractivity contribution in [1.29, 1.82) is 0 Å². The molecule has 1 atom stereocenters. The number of nitrogens with one attached hydrogen (secondary N) is 1. The summed E-state index contributed by atoms with van der Waals surface area (Å²) >= 11 is 0. The van der Waals surface area contributed by atoms with Crippen LogP contribution in [0.25, 0.3) is 0 Å². The maximum absolute atomic E-state index is 12.0. The fraction of sp³-hybridized carbons (Fsp3) is 0.429. The van der Waals surface area contributed by atoms with Crippen LogP contribution in [0.15, 0.2) is 18.2 Å². The number of benzene rings is 1. The van der Waals surface area contributed by atoms with Gasteiger partial charge in [-0.05, 0) is 30.0 Å². The van der Waals surface area contributed by atoms with Gasteiger partial charge in [0.15, 0.2) is 0 Å². The average Bonchev–Trinajstić information content (AvgIpc) is 2.27. The standard InChI is InChI=1S/C14H20N2O3/c1-8-5-6-9(7-10(8)15)12(17)16-11(13(18)19)14(2,3)4/h5-7,11H,15H2,1-4H3,(H,16,17)(H,18,19)/t11-/m1/s1. The van der Waals surface area contributed by atoms with Crippen LogP contribution in [0.3, 0.4) is 0 Å². The number of aryl methyl sites for hydroxylation is 1. The Hall–Kier alpha value is -2.04. The number of carboxylic acid groups (broad SMARTS) is 1. The van der Waals surface area contributed by atoms with Gasteiger partial charge in [0.2, 0.25) is 0 Å². The van der Waals surface area contributed by atoms with Crippen molar-refractivity contribution >= 4 is 17.6 Å². The van der Waals surface area contributed by atoms with E-state index in [1.165, 1.54) is 0 Å². The summed E-state index contributed by atoms with van der Waals surface area (Å²) in [6.45, 7) is 7.12. The van der Waals surface area contributed by atoms with Gasteiger partial charge < -0.3 is 16.2 Å². The Morgan fingerprint density at radius 1 is 1.32 bits per heavy atom. The van der Waals surface area contributed by atoms with Gasteiger partial charge in [0.05, 0.1) is 0 Å². The Morgan fingerprint density at radius 2 is 1.89 bits per heavy atom. The van der Waals surface area contributed by atoms with Gasteiger partial charge in [-0.15, -0.1) is 0 Å². The predicted octanol–water partition coefficient (Wildman–Crippen LogP) is 1.81. The molecular formula is C14H20N2O3. The summed E-state index contributed by atoms with van der Waals surface area (Å²) in [5.41, 5.74) is 6.91. The van der Waals surface area contributed by atoms with Crippen molar-refractivity contribution in [3.05, 3.63) is 29.3 Å². The number of carbonyl (C=O) groups is 2. The van der Waals surface area contributed by atoms with Crippen LogP contribution in [0.4, 0.5) is 5.69 Å². The second-order valence-electron chi connectivity index (χ2n) is 5.68. The van der Waals surface area contributed by atoms with E-state index in [0.29, 0.717) is 11.3 Å². The van der Waals surface area contributed by atoms with E-state index in [4.69, 9.17) is 10.8 Å². The Labute approximate surface area is 112 Å². The number of nitrogens with two attached hydrogens (primary N) is 1. The monoisotopic (exact) mass is 264 g/mol. The fourth-order valence-corrected chi connectivity index (χ4v) is 1.64. The summed E-state index contributed by atoms with van der Waals surface area (Å²) < 4.78 is 0. The molecule has 0 aliphatic rings. The smallest absolute Gasteiger partial charge is 0.326 e. The summed E-state index contributed by atoms with van der Waals surface area (Å²) in [6.07, 6.45) is 0. The first-order valence-electron chi connectivity index (χ1n) is 6.02. The van der Waals surface area contributed by atoms with Crippen LogP contribution in [-0.2, 0) is 4.79 Å². The maximum Gasteiger partial charge on any atom is 0.326 e. The van der Waals surface area contributed by atoms with Gasteiger partial charge in [-0.2, -0.15) is 0 Å². The molecule has 5 heteroatoms. The molecule has 0 aliphatic heterocycles. The van der Waals surface area contributed by atoms with Gasteiger partial charge in [-0.25, -0.2) is 4.79 Å². The second kappa shape index (κ2) is 5.30. The third-order valence-corrected chi connectivity index (χ3v) is 2.93. The number of hydrogen-bond donors (Lipinski definition) is 3. The second-order valence-corrected chi connectivity index (χ2v) is 5.68. The number of carbonyl (C=O) groups excluding carboxylic acids is 1. The summed E-state index contributed by atoms with van der Waals surface area (Å²) in [6, 6.07) is 3.95. The summed E-state index contributed by atoms with van der Waals surface area (Å²) in [7, 11) is 0. The molecule has 1 aromatic rings. The quantitative estimate of drug-likeness (QED) is 0.726. The van der Waals surface area contributed by atoms with Crippen LogP contribution < -0.4 is 11.1 Å². The number of carboxylic acids is 1. The highest BCUT2D eigenvalue weighted by Crippen LogP contribution is 2.20. The van der Waals surface area contributed by atoms with E-state index in [9.17, 15) is 9.59 Å². The summed E-state index contributed by atoms with van der Waals surface area (Å²) in [5, 5.41) is 11.7. The molecule has 0 unspecified atom stereocenters. The predicted molar refractivity (Wildman–Crippen MR) is 73.9 cm³/mol. The number of rotatable bonds is 3. The molecule has 0 saturated heterocycles. The molecule has 0 aliphatic carbocycles. The molecule has 0 fully saturated rings. The zero-order valence-corrected chi connectivity index (χ0v) is 11.7. The molecule has 1 amide bonds. The molecule has 19 heavy (non-hydrogen) atoms. The van der Waals surface area contributed by atoms with E-state index >= 15 is 0 Å². The van der Waals surface area contributed by atoms with E-state index in [0.717, 1.165) is 5.56 Å². The largest absolute Gasteiger partial charge is 0.480 e. The van der Waals surface area contributed by atoms with E-state index in [1.807, 2.05) is 6.92 Å². The Morgan fingerprint density at radius 3 is 2.32 bits per heavy atom. The minimum Gasteiger partial charge on any atom is -0.480 e. The van der Waals surface area contributed by atoms with E-state index in [-0.39, 0.29) is 0 Å². The third kappa shape index (κ3) is 3.71. The number of anilines is 1. The Balaban J connectivity index is 2.94. The van der Waals surface area contributed by atoms with Gasteiger partial charge in [0, 0.05) is 11.3 Å². The number of nitrogen functional groups attached to an aromatic ring is 1. The topological polar surface area (TPSA) is 92.4 Å². The zero-order valence-electron chi connectivity index (χ0n) is 11.7. The average molecular weight is 264 g/mol. The summed E-state index contributed by atoms with van der Waals surface area (Å²) in [5.74, 6) is -1.49. The van der Waals surface area contributed by atoms with Crippen molar-refractivity contribution in [2.75, 3.05) is 5.73 Å². The van der Waals surface area contributed by atoms with Crippen molar-refractivity contribution in [2.24, 2.45) is 5.41 Å². The van der Waals surface area contributed by atoms with Crippen molar-refractivity contribution in [3.8, 4) is 0 Å². The number of aliphatic carboxylic acids is 1. The van der Waals surface area contributed by atoms with Crippen molar-refractivity contribution in [3.63, 3.8) is 0 Å². The van der Waals surface area contributed by atoms with Crippen molar-refractivity contribution < 1.29 is 14.7 Å². The molecule has 0 spiro atoms. The minimum atomic E-state index is -1.05. The van der Waals surface area contributed by atoms with Crippen molar-refractivity contribution in [1.82, 2.24) is 5.32 Å². The highest BCUT2D eigenvalue weighted by molar-refractivity contribution is 5.97. The lowest BCUT2D eigenvalue weighted by Gasteiger charge is -2.27. The molecule has 5 nitrogen and oxygen atoms in total. The zero-order chi connectivity index (χ0) is 14.8. The first-order chi connectivity index (χ1) is 8.62. The van der Waals surface area contributed by atoms with Gasteiger partial charge in [0.1, 0.15) is 6.04 Å². The molecule has 104 valence electrons. The maximum atomic E-state index is 12.0. The van der Waals surface area contributed by atoms with E-state index < -0.39 is 23.3 Å². The van der Waals surface area contributed by atoms with Crippen LogP contribution in [0.1, 0.15) is 36.7 Å². The molecule has 0 radical (unpaired) electrons. The molecule has 0 heterocycles. The lowest BCUT2D eigenvalue weighted by atomic mass is 9.86. The number of amides is 1. The molecule has 0 bridgehead atoms. The Bertz CT molecular complexity index is 504. The molecule has 0 saturated carbocycles. The van der Waals surface area contributed by atoms with Crippen LogP contribution in [-0.4, -0.2) is 23.0 Å². The van der Waals surface area contributed by atoms with Gasteiger partial charge in [-0.3, -0.25) is 4.79 Å². The van der Waals surface area contributed by atoms with Gasteiger partial charge >= 0.3 is 5.97 Å². The van der Waals surface area contributed by atoms with Gasteiger partial charge in [-0.1, -0.05) is 26.8 Å². The molecule has 0 aromatic heterocycles.